The first-order chi connectivity index (χ1) is 18.8. The van der Waals surface area contributed by atoms with Crippen molar-refractivity contribution >= 4 is 22.7 Å². The van der Waals surface area contributed by atoms with Crippen LogP contribution >= 0.6 is 0 Å². The Morgan fingerprint density at radius 2 is 1.77 bits per heavy atom. The molecule has 1 atom stereocenters. The predicted octanol–water partition coefficient (Wildman–Crippen LogP) is 3.72. The van der Waals surface area contributed by atoms with E-state index in [-0.39, 0.29) is 42.9 Å². The Hall–Kier alpha value is -4.50. The number of aliphatic hydroxyl groups is 1. The van der Waals surface area contributed by atoms with E-state index < -0.39 is 11.6 Å². The van der Waals surface area contributed by atoms with E-state index in [1.807, 2.05) is 0 Å². The molecule has 9 nitrogen and oxygen atoms in total. The first-order valence-corrected chi connectivity index (χ1v) is 12.6. The lowest BCUT2D eigenvalue weighted by Crippen LogP contribution is -2.32. The monoisotopic (exact) mass is 526 g/mol. The molecule has 0 saturated carbocycles. The molecule has 0 amide bonds. The number of ether oxygens (including phenoxy) is 3. The Bertz CT molecular complexity index is 1740. The Morgan fingerprint density at radius 3 is 2.46 bits per heavy atom. The standard InChI is InChI=1S/C30H26N2O7/c1-4-30(36)13-25(33)39-15-21-22(30)12-24-27-20(14-32(24)29(21)35)26(19-11-18(38-3)9-10-23(19)31-27)28(34)16-5-7-17(37-2)8-6-16/h5-12,36H,4,13-15H2,1-3H3. The van der Waals surface area contributed by atoms with Crippen molar-refractivity contribution in [1.82, 2.24) is 9.55 Å². The predicted molar refractivity (Wildman–Crippen MR) is 142 cm³/mol. The molecular formula is C30H26N2O7. The zero-order valence-corrected chi connectivity index (χ0v) is 21.7. The summed E-state index contributed by atoms with van der Waals surface area (Å²) in [5.74, 6) is 0.409. The zero-order valence-electron chi connectivity index (χ0n) is 21.7. The lowest BCUT2D eigenvalue weighted by Gasteiger charge is -2.26. The summed E-state index contributed by atoms with van der Waals surface area (Å²) in [6.07, 6.45) is -0.0323. The second-order valence-corrected chi connectivity index (χ2v) is 9.79. The minimum Gasteiger partial charge on any atom is -0.497 e. The molecule has 2 aromatic heterocycles. The van der Waals surface area contributed by atoms with Gasteiger partial charge in [-0.2, -0.15) is 0 Å². The van der Waals surface area contributed by atoms with Crippen LogP contribution in [0, 0.1) is 0 Å². The van der Waals surface area contributed by atoms with Crippen molar-refractivity contribution in [3.8, 4) is 22.9 Å². The average molecular weight is 527 g/mol. The Labute approximate surface area is 223 Å². The fraction of sp³-hybridized carbons (Fsp3) is 0.267. The minimum absolute atomic E-state index is 0.104. The highest BCUT2D eigenvalue weighted by molar-refractivity contribution is 6.18. The third kappa shape index (κ3) is 3.80. The van der Waals surface area contributed by atoms with Gasteiger partial charge in [0.2, 0.25) is 0 Å². The molecule has 2 aliphatic rings. The maximum absolute atomic E-state index is 14.0. The minimum atomic E-state index is -1.55. The number of carbonyl (C=O) groups excluding carboxylic acids is 2. The van der Waals surface area contributed by atoms with E-state index in [0.717, 1.165) is 0 Å². The SMILES string of the molecule is CCC1(O)CC(=O)OCc2c1cc1n(c2=O)Cc2c-1nc1ccc(OC)cc1c2C(=O)c1ccc(OC)cc1. The van der Waals surface area contributed by atoms with Gasteiger partial charge in [-0.05, 0) is 60.5 Å². The number of hydrogen-bond acceptors (Lipinski definition) is 8. The number of benzene rings is 2. The van der Waals surface area contributed by atoms with E-state index in [2.05, 4.69) is 0 Å². The number of rotatable bonds is 5. The van der Waals surface area contributed by atoms with Crippen molar-refractivity contribution in [2.75, 3.05) is 14.2 Å². The molecule has 39 heavy (non-hydrogen) atoms. The number of hydrogen-bond donors (Lipinski definition) is 1. The van der Waals surface area contributed by atoms with Gasteiger partial charge < -0.3 is 23.9 Å². The van der Waals surface area contributed by atoms with Crippen LogP contribution in [0.5, 0.6) is 11.5 Å². The van der Waals surface area contributed by atoms with Crippen molar-refractivity contribution in [3.05, 3.63) is 86.7 Å². The molecule has 4 heterocycles. The number of aromatic nitrogens is 2. The van der Waals surface area contributed by atoms with Crippen LogP contribution in [0.1, 0.15) is 52.4 Å². The number of fused-ring (bicyclic) bond motifs is 5. The topological polar surface area (TPSA) is 117 Å². The van der Waals surface area contributed by atoms with Gasteiger partial charge in [-0.15, -0.1) is 0 Å². The summed E-state index contributed by atoms with van der Waals surface area (Å²) < 4.78 is 17.5. The number of pyridine rings is 2. The van der Waals surface area contributed by atoms with Crippen LogP contribution < -0.4 is 15.0 Å². The summed E-state index contributed by atoms with van der Waals surface area (Å²) in [6.45, 7) is 1.63. The van der Waals surface area contributed by atoms with Crippen molar-refractivity contribution in [2.45, 2.75) is 38.5 Å². The van der Waals surface area contributed by atoms with Crippen LogP contribution in [0.25, 0.3) is 22.3 Å². The molecule has 4 aromatic rings. The molecule has 0 aliphatic carbocycles. The van der Waals surface area contributed by atoms with Gasteiger partial charge in [-0.3, -0.25) is 14.4 Å². The number of esters is 1. The van der Waals surface area contributed by atoms with E-state index in [4.69, 9.17) is 19.2 Å². The summed E-state index contributed by atoms with van der Waals surface area (Å²) in [7, 11) is 3.11. The Kier molecular flexibility index (Phi) is 5.76. The third-order valence-corrected chi connectivity index (χ3v) is 7.73. The molecular weight excluding hydrogens is 500 g/mol. The van der Waals surface area contributed by atoms with Gasteiger partial charge in [0, 0.05) is 22.1 Å². The third-order valence-electron chi connectivity index (χ3n) is 7.73. The van der Waals surface area contributed by atoms with Crippen molar-refractivity contribution in [1.29, 1.82) is 0 Å². The van der Waals surface area contributed by atoms with Crippen LogP contribution in [0.3, 0.4) is 0 Å². The highest BCUT2D eigenvalue weighted by atomic mass is 16.5. The van der Waals surface area contributed by atoms with Crippen LogP contribution in [0.2, 0.25) is 0 Å². The van der Waals surface area contributed by atoms with Gasteiger partial charge in [0.05, 0.1) is 49.7 Å². The Balaban J connectivity index is 1.62. The van der Waals surface area contributed by atoms with Gasteiger partial charge in [0.1, 0.15) is 23.7 Å². The summed E-state index contributed by atoms with van der Waals surface area (Å²) in [6, 6.07) is 13.9. The Morgan fingerprint density at radius 1 is 1.05 bits per heavy atom. The molecule has 0 saturated heterocycles. The molecule has 2 aromatic carbocycles. The fourth-order valence-electron chi connectivity index (χ4n) is 5.53. The van der Waals surface area contributed by atoms with Crippen molar-refractivity contribution < 1.29 is 28.9 Å². The molecule has 0 fully saturated rings. The van der Waals surface area contributed by atoms with Crippen LogP contribution in [-0.2, 0) is 28.3 Å². The number of carbonyl (C=O) groups is 2. The largest absolute Gasteiger partial charge is 0.497 e. The lowest BCUT2D eigenvalue weighted by atomic mass is 9.85. The summed E-state index contributed by atoms with van der Waals surface area (Å²) in [4.78, 5) is 44.9. The van der Waals surface area contributed by atoms with E-state index in [0.29, 0.717) is 56.0 Å². The smallest absolute Gasteiger partial charge is 0.309 e. The summed E-state index contributed by atoms with van der Waals surface area (Å²) in [5, 5.41) is 12.0. The molecule has 0 spiro atoms. The fourth-order valence-corrected chi connectivity index (χ4v) is 5.53. The molecule has 9 heteroatoms. The molecule has 0 radical (unpaired) electrons. The highest BCUT2D eigenvalue weighted by Crippen LogP contribution is 2.41. The summed E-state index contributed by atoms with van der Waals surface area (Å²) in [5.41, 5.74) is 1.68. The second kappa shape index (κ2) is 9.06. The van der Waals surface area contributed by atoms with Crippen LogP contribution in [-0.4, -0.2) is 40.6 Å². The molecule has 198 valence electrons. The first-order valence-electron chi connectivity index (χ1n) is 12.6. The van der Waals surface area contributed by atoms with E-state index in [9.17, 15) is 19.5 Å². The zero-order chi connectivity index (χ0) is 27.5. The number of nitrogens with zero attached hydrogens (tertiary/aromatic N) is 2. The second-order valence-electron chi connectivity index (χ2n) is 9.79. The molecule has 1 unspecified atom stereocenters. The average Bonchev–Trinajstić information content (AvgIpc) is 3.26. The molecule has 2 aliphatic heterocycles. The first kappa shape index (κ1) is 24.8. The van der Waals surface area contributed by atoms with Crippen molar-refractivity contribution in [2.24, 2.45) is 0 Å². The molecule has 0 bridgehead atoms. The van der Waals surface area contributed by atoms with Crippen molar-refractivity contribution in [3.63, 3.8) is 0 Å². The quantitative estimate of drug-likeness (QED) is 0.272. The van der Waals surface area contributed by atoms with E-state index in [1.54, 1.807) is 69.7 Å². The normalized spacial score (nSPS) is 17.6. The maximum atomic E-state index is 14.0. The molecule has 1 N–H and O–H groups in total. The summed E-state index contributed by atoms with van der Waals surface area (Å²) >= 11 is 0. The van der Waals surface area contributed by atoms with Gasteiger partial charge in [-0.25, -0.2) is 4.98 Å². The number of cyclic esters (lactones) is 1. The van der Waals surface area contributed by atoms with E-state index >= 15 is 0 Å². The van der Waals surface area contributed by atoms with Gasteiger partial charge >= 0.3 is 5.97 Å². The highest BCUT2D eigenvalue weighted by Gasteiger charge is 2.40. The number of ketones is 1. The van der Waals surface area contributed by atoms with Gasteiger partial charge in [0.25, 0.3) is 5.56 Å². The number of methoxy groups -OCH3 is 2. The lowest BCUT2D eigenvalue weighted by molar-refractivity contribution is -0.149. The van der Waals surface area contributed by atoms with E-state index in [1.165, 1.54) is 4.57 Å². The van der Waals surface area contributed by atoms with Gasteiger partial charge in [0.15, 0.2) is 5.78 Å². The van der Waals surface area contributed by atoms with Crippen LogP contribution in [0.15, 0.2) is 53.3 Å². The maximum Gasteiger partial charge on any atom is 0.309 e. The van der Waals surface area contributed by atoms with Gasteiger partial charge in [-0.1, -0.05) is 6.92 Å². The molecule has 6 rings (SSSR count). The van der Waals surface area contributed by atoms with Crippen LogP contribution in [0.4, 0.5) is 0 Å².